The summed E-state index contributed by atoms with van der Waals surface area (Å²) in [6.45, 7) is 4.60. The number of nitrogens with one attached hydrogen (secondary N) is 2. The summed E-state index contributed by atoms with van der Waals surface area (Å²) in [5.74, 6) is 2.70. The van der Waals surface area contributed by atoms with Crippen LogP contribution in [0.5, 0.6) is 17.2 Å². The lowest BCUT2D eigenvalue weighted by molar-refractivity contribution is 0.0894. The minimum Gasteiger partial charge on any atom is -0.493 e. The Bertz CT molecular complexity index is 1240. The van der Waals surface area contributed by atoms with E-state index in [0.29, 0.717) is 40.2 Å². The van der Waals surface area contributed by atoms with Crippen molar-refractivity contribution < 1.29 is 9.47 Å². The molecule has 5 rings (SSSR count). The van der Waals surface area contributed by atoms with Gasteiger partial charge in [-0.25, -0.2) is 9.97 Å². The number of aromatic nitrogens is 2. The molecule has 200 valence electrons. The van der Waals surface area contributed by atoms with Crippen molar-refractivity contribution in [2.75, 3.05) is 51.4 Å². The first kappa shape index (κ1) is 25.9. The Morgan fingerprint density at radius 1 is 0.974 bits per heavy atom. The number of nitrogens with two attached hydrogens (primary N) is 1. The number of nitrogen functional groups attached to an aromatic ring is 1. The van der Waals surface area contributed by atoms with Gasteiger partial charge in [0.15, 0.2) is 11.5 Å². The largest absolute Gasteiger partial charge is 0.493 e. The molecule has 1 saturated carbocycles. The minimum atomic E-state index is 0.237. The van der Waals surface area contributed by atoms with Gasteiger partial charge in [0, 0.05) is 43.8 Å². The van der Waals surface area contributed by atoms with Gasteiger partial charge >= 0.3 is 0 Å². The smallest absolute Gasteiger partial charge is 0.169 e. The van der Waals surface area contributed by atoms with Crippen molar-refractivity contribution in [1.29, 1.82) is 5.41 Å². The Kier molecular flexibility index (Phi) is 8.05. The molecule has 38 heavy (non-hydrogen) atoms. The van der Waals surface area contributed by atoms with E-state index >= 15 is 0 Å². The van der Waals surface area contributed by atoms with Gasteiger partial charge in [-0.2, -0.15) is 0 Å². The van der Waals surface area contributed by atoms with Crippen LogP contribution >= 0.6 is 0 Å². The van der Waals surface area contributed by atoms with Crippen LogP contribution in [-0.2, 0) is 0 Å². The minimum absolute atomic E-state index is 0.237. The fourth-order valence-corrected chi connectivity index (χ4v) is 5.39. The van der Waals surface area contributed by atoms with Gasteiger partial charge in [-0.1, -0.05) is 18.2 Å². The molecule has 1 aliphatic carbocycles. The zero-order valence-electron chi connectivity index (χ0n) is 22.2. The molecule has 0 spiro atoms. The Hall–Kier alpha value is -3.69. The van der Waals surface area contributed by atoms with Crippen LogP contribution in [0.1, 0.15) is 36.8 Å². The van der Waals surface area contributed by atoms with E-state index in [9.17, 15) is 0 Å². The molecule has 0 unspecified atom stereocenters. The zero-order chi connectivity index (χ0) is 26.5. The molecule has 0 atom stereocenters. The summed E-state index contributed by atoms with van der Waals surface area (Å²) in [5.41, 5.74) is 7.69. The molecule has 1 aromatic heterocycles. The Morgan fingerprint density at radius 3 is 2.42 bits per heavy atom. The molecule has 2 heterocycles. The van der Waals surface area contributed by atoms with E-state index in [1.165, 1.54) is 6.33 Å². The Balaban J connectivity index is 1.29. The fraction of sp³-hybridized carbons (Fsp3) is 0.414. The molecule has 4 N–H and O–H groups in total. The van der Waals surface area contributed by atoms with E-state index in [1.807, 2.05) is 42.5 Å². The van der Waals surface area contributed by atoms with Gasteiger partial charge in [0.25, 0.3) is 0 Å². The summed E-state index contributed by atoms with van der Waals surface area (Å²) in [4.78, 5) is 13.7. The van der Waals surface area contributed by atoms with Crippen LogP contribution in [0.4, 0.5) is 11.6 Å². The summed E-state index contributed by atoms with van der Waals surface area (Å²) in [6, 6.07) is 15.9. The summed E-state index contributed by atoms with van der Waals surface area (Å²) in [6.07, 6.45) is 5.91. The second-order valence-electron chi connectivity index (χ2n) is 10.1. The van der Waals surface area contributed by atoms with Crippen molar-refractivity contribution >= 4 is 17.3 Å². The van der Waals surface area contributed by atoms with Gasteiger partial charge in [-0.3, -0.25) is 10.3 Å². The molecule has 2 fully saturated rings. The van der Waals surface area contributed by atoms with Crippen molar-refractivity contribution in [3.63, 3.8) is 0 Å². The van der Waals surface area contributed by atoms with Crippen molar-refractivity contribution in [1.82, 2.24) is 19.8 Å². The number of methoxy groups -OCH3 is 1. The third-order valence-electron chi connectivity index (χ3n) is 7.64. The normalized spacial score (nSPS) is 20.6. The highest BCUT2D eigenvalue weighted by atomic mass is 16.5. The summed E-state index contributed by atoms with van der Waals surface area (Å²) in [5, 5.41) is 12.6. The number of piperazine rings is 1. The second-order valence-corrected chi connectivity index (χ2v) is 10.1. The molecule has 0 radical (unpaired) electrons. The van der Waals surface area contributed by atoms with Crippen molar-refractivity contribution in [3.05, 3.63) is 66.0 Å². The number of benzene rings is 2. The van der Waals surface area contributed by atoms with Gasteiger partial charge in [0.1, 0.15) is 23.7 Å². The number of anilines is 2. The second kappa shape index (κ2) is 11.8. The van der Waals surface area contributed by atoms with Crippen LogP contribution in [0.3, 0.4) is 0 Å². The first-order valence-corrected chi connectivity index (χ1v) is 13.3. The third kappa shape index (κ3) is 5.89. The monoisotopic (exact) mass is 515 g/mol. The average Bonchev–Trinajstić information content (AvgIpc) is 2.94. The van der Waals surface area contributed by atoms with Crippen LogP contribution in [0.25, 0.3) is 0 Å². The lowest BCUT2D eigenvalue weighted by Crippen LogP contribution is -2.50. The maximum atomic E-state index is 9.01. The number of nitrogens with zero attached hydrogens (tertiary/aromatic N) is 4. The molecule has 0 amide bonds. The van der Waals surface area contributed by atoms with Gasteiger partial charge in [0.05, 0.1) is 18.4 Å². The number of rotatable bonds is 8. The quantitative estimate of drug-likeness (QED) is 0.382. The number of para-hydroxylation sites is 1. The van der Waals surface area contributed by atoms with Crippen LogP contribution in [0, 0.1) is 5.41 Å². The number of ether oxygens (including phenoxy) is 2. The molecular formula is C29H37N7O2. The van der Waals surface area contributed by atoms with Crippen molar-refractivity contribution in [2.45, 2.75) is 37.8 Å². The maximum absolute atomic E-state index is 9.01. The maximum Gasteiger partial charge on any atom is 0.169 e. The van der Waals surface area contributed by atoms with Gasteiger partial charge in [0.2, 0.25) is 0 Å². The fourth-order valence-electron chi connectivity index (χ4n) is 5.39. The van der Waals surface area contributed by atoms with Crippen LogP contribution in [-0.4, -0.2) is 77.9 Å². The molecule has 2 aromatic carbocycles. The van der Waals surface area contributed by atoms with E-state index in [4.69, 9.17) is 20.6 Å². The number of likely N-dealkylation sites (N-methyl/N-ethyl adjacent to an activating group) is 1. The predicted octanol–water partition coefficient (Wildman–Crippen LogP) is 4.25. The highest BCUT2D eigenvalue weighted by Gasteiger charge is 2.29. The molecular weight excluding hydrogens is 478 g/mol. The molecule has 0 bridgehead atoms. The van der Waals surface area contributed by atoms with E-state index in [-0.39, 0.29) is 17.6 Å². The molecule has 2 aliphatic rings. The van der Waals surface area contributed by atoms with E-state index in [0.717, 1.165) is 51.9 Å². The summed E-state index contributed by atoms with van der Waals surface area (Å²) < 4.78 is 11.6. The molecule has 1 saturated heterocycles. The standard InChI is InChI=1S/C29H37N7O2/c1-35-14-16-36(17-15-35)22-11-9-21(10-12-22)34-29-26(28(31)32-19-33-29)27(30)20-8-13-24(25(18-20)37-2)38-23-6-4-3-5-7-23/h3-8,13,18-19,21-22,30H,9-12,14-17H2,1-2H3,(H3,31,32,33,34). The van der Waals surface area contributed by atoms with Crippen LogP contribution in [0.2, 0.25) is 0 Å². The molecule has 3 aromatic rings. The van der Waals surface area contributed by atoms with Crippen LogP contribution in [0.15, 0.2) is 54.9 Å². The van der Waals surface area contributed by atoms with E-state index < -0.39 is 0 Å². The first-order valence-electron chi connectivity index (χ1n) is 13.3. The lowest BCUT2D eigenvalue weighted by atomic mass is 9.89. The SMILES string of the molecule is COc1cc(C(=N)c2c(N)ncnc2NC2CCC(N3CCN(C)CC3)CC2)ccc1Oc1ccccc1. The third-order valence-corrected chi connectivity index (χ3v) is 7.64. The van der Waals surface area contributed by atoms with Crippen molar-refractivity contribution in [2.24, 2.45) is 0 Å². The molecule has 1 aliphatic heterocycles. The highest BCUT2D eigenvalue weighted by Crippen LogP contribution is 2.34. The lowest BCUT2D eigenvalue weighted by Gasteiger charge is -2.41. The van der Waals surface area contributed by atoms with Gasteiger partial charge in [-0.15, -0.1) is 0 Å². The summed E-state index contributed by atoms with van der Waals surface area (Å²) in [7, 11) is 3.79. The number of hydrogen-bond donors (Lipinski definition) is 3. The Morgan fingerprint density at radius 2 is 1.71 bits per heavy atom. The predicted molar refractivity (Wildman–Crippen MR) is 151 cm³/mol. The first-order chi connectivity index (χ1) is 18.5. The number of hydrogen-bond acceptors (Lipinski definition) is 9. The topological polar surface area (TPSA) is 113 Å². The zero-order valence-corrected chi connectivity index (χ0v) is 22.2. The summed E-state index contributed by atoms with van der Waals surface area (Å²) >= 11 is 0. The van der Waals surface area contributed by atoms with Gasteiger partial charge < -0.3 is 25.4 Å². The van der Waals surface area contributed by atoms with Crippen LogP contribution < -0.4 is 20.5 Å². The van der Waals surface area contributed by atoms with E-state index in [2.05, 4.69) is 32.1 Å². The van der Waals surface area contributed by atoms with Gasteiger partial charge in [-0.05, 0) is 63.1 Å². The Labute approximate surface area is 224 Å². The highest BCUT2D eigenvalue weighted by molar-refractivity contribution is 6.16. The molecule has 9 heteroatoms. The average molecular weight is 516 g/mol. The van der Waals surface area contributed by atoms with Crippen molar-refractivity contribution in [3.8, 4) is 17.2 Å². The van der Waals surface area contributed by atoms with E-state index in [1.54, 1.807) is 13.2 Å². The molecule has 9 nitrogen and oxygen atoms in total.